The SMILES string of the molecule is CCCCCCC(O)c1ccc([C@@H]2[C@@H](CC=CCCCC(=O)OCCN3CCOCC3)[C@H](Cl)C[C@H]2O)cc1. The molecule has 1 unspecified atom stereocenters. The Morgan fingerprint density at radius 1 is 1.16 bits per heavy atom. The minimum atomic E-state index is -0.465. The van der Waals surface area contributed by atoms with E-state index in [9.17, 15) is 15.0 Å². The van der Waals surface area contributed by atoms with Crippen LogP contribution in [0, 0.1) is 5.92 Å². The fourth-order valence-corrected chi connectivity index (χ4v) is 6.06. The summed E-state index contributed by atoms with van der Waals surface area (Å²) < 4.78 is 10.7. The highest BCUT2D eigenvalue weighted by Gasteiger charge is 2.41. The molecule has 1 heterocycles. The first kappa shape index (κ1) is 31.1. The zero-order valence-corrected chi connectivity index (χ0v) is 23.9. The van der Waals surface area contributed by atoms with Gasteiger partial charge in [-0.3, -0.25) is 9.69 Å². The summed E-state index contributed by atoms with van der Waals surface area (Å²) >= 11 is 6.66. The fourth-order valence-electron chi connectivity index (χ4n) is 5.62. The third-order valence-corrected chi connectivity index (χ3v) is 8.45. The number of carbonyl (C=O) groups excluding carboxylic acids is 1. The summed E-state index contributed by atoms with van der Waals surface area (Å²) in [7, 11) is 0. The lowest BCUT2D eigenvalue weighted by Gasteiger charge is -2.26. The van der Waals surface area contributed by atoms with E-state index in [1.165, 1.54) is 12.8 Å². The molecule has 1 aliphatic heterocycles. The Labute approximate surface area is 234 Å². The molecule has 0 aromatic heterocycles. The second-order valence-corrected chi connectivity index (χ2v) is 11.4. The monoisotopic (exact) mass is 549 g/mol. The number of ether oxygens (including phenoxy) is 2. The number of benzene rings is 1. The zero-order chi connectivity index (χ0) is 27.2. The predicted octanol–water partition coefficient (Wildman–Crippen LogP) is 5.75. The van der Waals surface area contributed by atoms with Crippen LogP contribution in [-0.4, -0.2) is 72.0 Å². The molecule has 3 rings (SSSR count). The molecule has 2 N–H and O–H groups in total. The molecule has 0 spiro atoms. The van der Waals surface area contributed by atoms with Gasteiger partial charge in [-0.2, -0.15) is 0 Å². The first-order valence-corrected chi connectivity index (χ1v) is 15.1. The van der Waals surface area contributed by atoms with Crippen molar-refractivity contribution in [2.75, 3.05) is 39.5 Å². The maximum absolute atomic E-state index is 12.0. The van der Waals surface area contributed by atoms with E-state index in [1.807, 2.05) is 12.1 Å². The second kappa shape index (κ2) is 17.3. The fraction of sp³-hybridized carbons (Fsp3) is 0.710. The van der Waals surface area contributed by atoms with Crippen molar-refractivity contribution in [1.29, 1.82) is 0 Å². The van der Waals surface area contributed by atoms with Gasteiger partial charge in [0.05, 0.1) is 25.4 Å². The van der Waals surface area contributed by atoms with Crippen molar-refractivity contribution in [1.82, 2.24) is 4.90 Å². The summed E-state index contributed by atoms with van der Waals surface area (Å²) in [4.78, 5) is 14.3. The molecule has 1 saturated heterocycles. The van der Waals surface area contributed by atoms with Gasteiger partial charge in [-0.1, -0.05) is 69.0 Å². The van der Waals surface area contributed by atoms with Gasteiger partial charge in [-0.05, 0) is 49.1 Å². The summed E-state index contributed by atoms with van der Waals surface area (Å²) in [6.45, 7) is 6.70. The van der Waals surface area contributed by atoms with E-state index in [4.69, 9.17) is 21.1 Å². The van der Waals surface area contributed by atoms with Crippen LogP contribution < -0.4 is 0 Å². The number of aliphatic hydroxyl groups is 2. The number of carbonyl (C=O) groups is 1. The van der Waals surface area contributed by atoms with Gasteiger partial charge in [0.25, 0.3) is 0 Å². The van der Waals surface area contributed by atoms with Gasteiger partial charge in [0, 0.05) is 37.4 Å². The highest BCUT2D eigenvalue weighted by Crippen LogP contribution is 2.45. The van der Waals surface area contributed by atoms with Gasteiger partial charge in [-0.25, -0.2) is 0 Å². The smallest absolute Gasteiger partial charge is 0.305 e. The molecular weight excluding hydrogens is 502 g/mol. The molecule has 0 amide bonds. The highest BCUT2D eigenvalue weighted by molar-refractivity contribution is 6.21. The first-order valence-electron chi connectivity index (χ1n) is 14.7. The maximum atomic E-state index is 12.0. The number of morpholine rings is 1. The lowest BCUT2D eigenvalue weighted by molar-refractivity contribution is -0.144. The summed E-state index contributed by atoms with van der Waals surface area (Å²) in [5.74, 6) is -0.00165. The Kier molecular flexibility index (Phi) is 14.1. The van der Waals surface area contributed by atoms with Crippen molar-refractivity contribution in [3.8, 4) is 0 Å². The van der Waals surface area contributed by atoms with Gasteiger partial charge in [0.2, 0.25) is 0 Å². The van der Waals surface area contributed by atoms with Gasteiger partial charge < -0.3 is 19.7 Å². The molecule has 1 aromatic carbocycles. The van der Waals surface area contributed by atoms with Crippen LogP contribution in [0.2, 0.25) is 0 Å². The van der Waals surface area contributed by atoms with Crippen molar-refractivity contribution in [3.63, 3.8) is 0 Å². The van der Waals surface area contributed by atoms with E-state index in [1.54, 1.807) is 0 Å². The molecule has 1 aliphatic carbocycles. The Morgan fingerprint density at radius 3 is 2.66 bits per heavy atom. The number of nitrogens with zero attached hydrogens (tertiary/aromatic N) is 1. The molecule has 1 saturated carbocycles. The standard InChI is InChI=1S/C31H48ClNO5/c1-2-3-4-8-11-28(34)24-13-15-25(16-14-24)31-26(27(32)23-29(31)35)10-7-5-6-9-12-30(36)38-22-19-33-17-20-37-21-18-33/h5,7,13-16,26-29,31,34-35H,2-4,6,8-12,17-23H2,1H3/t26-,27+,28?,29+,31+/m0/s1. The van der Waals surface area contributed by atoms with Crippen molar-refractivity contribution in [3.05, 3.63) is 47.5 Å². The number of hydrogen-bond donors (Lipinski definition) is 2. The minimum absolute atomic E-state index is 0.0145. The van der Waals surface area contributed by atoms with Crippen molar-refractivity contribution >= 4 is 17.6 Å². The van der Waals surface area contributed by atoms with E-state index in [0.29, 0.717) is 19.4 Å². The summed E-state index contributed by atoms with van der Waals surface area (Å²) in [5, 5.41) is 21.2. The molecular formula is C31H48ClNO5. The second-order valence-electron chi connectivity index (χ2n) is 10.8. The Bertz CT molecular complexity index is 826. The van der Waals surface area contributed by atoms with Gasteiger partial charge in [0.15, 0.2) is 0 Å². The largest absolute Gasteiger partial charge is 0.464 e. The Morgan fingerprint density at radius 2 is 1.92 bits per heavy atom. The summed E-state index contributed by atoms with van der Waals surface area (Å²) in [6, 6.07) is 8.10. The van der Waals surface area contributed by atoms with E-state index < -0.39 is 12.2 Å². The van der Waals surface area contributed by atoms with Crippen molar-refractivity contribution in [2.45, 2.75) is 94.6 Å². The number of halogens is 1. The first-order chi connectivity index (χ1) is 18.5. The van der Waals surface area contributed by atoms with Crippen molar-refractivity contribution < 1.29 is 24.5 Å². The topological polar surface area (TPSA) is 79.2 Å². The molecule has 2 fully saturated rings. The predicted molar refractivity (Wildman–Crippen MR) is 152 cm³/mol. The average molecular weight is 550 g/mol. The third kappa shape index (κ3) is 10.3. The lowest BCUT2D eigenvalue weighted by Crippen LogP contribution is -2.38. The van der Waals surface area contributed by atoms with Crippen LogP contribution in [0.3, 0.4) is 0 Å². The number of esters is 1. The molecule has 38 heavy (non-hydrogen) atoms. The highest BCUT2D eigenvalue weighted by atomic mass is 35.5. The number of hydrogen-bond acceptors (Lipinski definition) is 6. The number of allylic oxidation sites excluding steroid dienone is 2. The van der Waals surface area contributed by atoms with E-state index >= 15 is 0 Å². The molecule has 2 aliphatic rings. The molecule has 214 valence electrons. The molecule has 1 aromatic rings. The van der Waals surface area contributed by atoms with E-state index in [2.05, 4.69) is 36.1 Å². The zero-order valence-electron chi connectivity index (χ0n) is 23.1. The molecule has 7 heteroatoms. The minimum Gasteiger partial charge on any atom is -0.464 e. The van der Waals surface area contributed by atoms with Gasteiger partial charge in [0.1, 0.15) is 6.61 Å². The number of rotatable bonds is 16. The Balaban J connectivity index is 1.38. The Hall–Kier alpha value is -1.44. The van der Waals surface area contributed by atoms with Crippen LogP contribution in [0.4, 0.5) is 0 Å². The van der Waals surface area contributed by atoms with Gasteiger partial charge >= 0.3 is 5.97 Å². The van der Waals surface area contributed by atoms with Crippen LogP contribution in [0.1, 0.15) is 94.3 Å². The van der Waals surface area contributed by atoms with Crippen LogP contribution in [0.25, 0.3) is 0 Å². The number of alkyl halides is 1. The van der Waals surface area contributed by atoms with E-state index in [0.717, 1.165) is 82.5 Å². The van der Waals surface area contributed by atoms with Crippen LogP contribution in [0.15, 0.2) is 36.4 Å². The van der Waals surface area contributed by atoms with Gasteiger partial charge in [-0.15, -0.1) is 11.6 Å². The molecule has 0 radical (unpaired) electrons. The quantitative estimate of drug-likeness (QED) is 0.118. The van der Waals surface area contributed by atoms with Crippen molar-refractivity contribution in [2.24, 2.45) is 5.92 Å². The van der Waals surface area contributed by atoms with E-state index in [-0.39, 0.29) is 23.2 Å². The molecule has 6 nitrogen and oxygen atoms in total. The molecule has 0 bridgehead atoms. The van der Waals surface area contributed by atoms with Crippen LogP contribution in [0.5, 0.6) is 0 Å². The summed E-state index contributed by atoms with van der Waals surface area (Å²) in [6.07, 6.45) is 12.1. The number of unbranched alkanes of at least 4 members (excludes halogenated alkanes) is 4. The maximum Gasteiger partial charge on any atom is 0.305 e. The number of aliphatic hydroxyl groups excluding tert-OH is 2. The molecule has 5 atom stereocenters. The third-order valence-electron chi connectivity index (χ3n) is 7.95. The lowest BCUT2D eigenvalue weighted by atomic mass is 9.84. The van der Waals surface area contributed by atoms with Crippen LogP contribution in [-0.2, 0) is 14.3 Å². The average Bonchev–Trinajstić information content (AvgIpc) is 3.21. The van der Waals surface area contributed by atoms with Crippen LogP contribution >= 0.6 is 11.6 Å². The summed E-state index contributed by atoms with van der Waals surface area (Å²) in [5.41, 5.74) is 2.03. The normalized spacial score (nSPS) is 25.2.